The van der Waals surface area contributed by atoms with Crippen LogP contribution in [0.15, 0.2) is 48.7 Å². The molecule has 0 aliphatic carbocycles. The number of benzene rings is 1. The Balaban J connectivity index is 1.97. The van der Waals surface area contributed by atoms with E-state index in [0.717, 1.165) is 16.8 Å². The summed E-state index contributed by atoms with van der Waals surface area (Å²) in [5.41, 5.74) is 8.30. The number of hydrogen-bond acceptors (Lipinski definition) is 4. The fourth-order valence-corrected chi connectivity index (χ4v) is 2.03. The van der Waals surface area contributed by atoms with Gasteiger partial charge in [0, 0.05) is 24.3 Å². The number of pyridine rings is 1. The minimum absolute atomic E-state index is 0.141. The highest BCUT2D eigenvalue weighted by Crippen LogP contribution is 2.17. The van der Waals surface area contributed by atoms with Crippen molar-refractivity contribution in [2.45, 2.75) is 25.5 Å². The second kappa shape index (κ2) is 7.68. The maximum atomic E-state index is 11.9. The third kappa shape index (κ3) is 4.65. The fraction of sp³-hybridized carbons (Fsp3) is 0.294. The molecule has 2 atom stereocenters. The van der Waals surface area contributed by atoms with Gasteiger partial charge in [0.1, 0.15) is 0 Å². The monoisotopic (exact) mass is 299 g/mol. The molecule has 0 saturated heterocycles. The standard InChI is InChI=1S/C17H21N3O2/c1-12(18)16(21)11-20-17(22)10-13-5-4-6-14(9-13)15-7-2-3-8-19-15/h2-9,12,16,21H,10-11,18H2,1H3,(H,20,22). The molecule has 2 unspecified atom stereocenters. The van der Waals surface area contributed by atoms with Gasteiger partial charge < -0.3 is 16.2 Å². The van der Waals surface area contributed by atoms with Crippen LogP contribution in [0.2, 0.25) is 0 Å². The quantitative estimate of drug-likeness (QED) is 0.745. The zero-order valence-electron chi connectivity index (χ0n) is 12.6. The number of amides is 1. The fourth-order valence-electron chi connectivity index (χ4n) is 2.03. The maximum absolute atomic E-state index is 11.9. The molecular weight excluding hydrogens is 278 g/mol. The van der Waals surface area contributed by atoms with Crippen LogP contribution in [0.25, 0.3) is 11.3 Å². The summed E-state index contributed by atoms with van der Waals surface area (Å²) in [5, 5.41) is 12.3. The average Bonchev–Trinajstić information content (AvgIpc) is 2.53. The van der Waals surface area contributed by atoms with Crippen LogP contribution in [0.5, 0.6) is 0 Å². The highest BCUT2D eigenvalue weighted by molar-refractivity contribution is 5.79. The number of nitrogens with two attached hydrogens (primary N) is 1. The predicted molar refractivity (Wildman–Crippen MR) is 86.0 cm³/mol. The van der Waals surface area contributed by atoms with Crippen molar-refractivity contribution >= 4 is 5.91 Å². The third-order valence-electron chi connectivity index (χ3n) is 3.37. The Hall–Kier alpha value is -2.24. The van der Waals surface area contributed by atoms with Crippen molar-refractivity contribution in [2.24, 2.45) is 5.73 Å². The minimum Gasteiger partial charge on any atom is -0.390 e. The molecule has 0 aliphatic rings. The molecule has 0 bridgehead atoms. The number of carbonyl (C=O) groups is 1. The van der Waals surface area contributed by atoms with Gasteiger partial charge in [-0.05, 0) is 30.7 Å². The summed E-state index contributed by atoms with van der Waals surface area (Å²) in [5.74, 6) is -0.141. The van der Waals surface area contributed by atoms with E-state index in [2.05, 4.69) is 10.3 Å². The Morgan fingerprint density at radius 3 is 2.82 bits per heavy atom. The molecule has 5 nitrogen and oxygen atoms in total. The first-order valence-corrected chi connectivity index (χ1v) is 7.27. The molecule has 2 rings (SSSR count). The maximum Gasteiger partial charge on any atom is 0.224 e. The van der Waals surface area contributed by atoms with E-state index in [-0.39, 0.29) is 24.9 Å². The summed E-state index contributed by atoms with van der Waals surface area (Å²) in [6.45, 7) is 1.86. The lowest BCUT2D eigenvalue weighted by Gasteiger charge is -2.15. The van der Waals surface area contributed by atoms with Crippen molar-refractivity contribution in [3.05, 3.63) is 54.2 Å². The molecular formula is C17H21N3O2. The number of nitrogens with zero attached hydrogens (tertiary/aromatic N) is 1. The van der Waals surface area contributed by atoms with Crippen LogP contribution in [0.4, 0.5) is 0 Å². The Morgan fingerprint density at radius 2 is 2.14 bits per heavy atom. The van der Waals surface area contributed by atoms with Gasteiger partial charge in [0.2, 0.25) is 5.91 Å². The van der Waals surface area contributed by atoms with E-state index in [1.54, 1.807) is 13.1 Å². The van der Waals surface area contributed by atoms with E-state index in [0.29, 0.717) is 0 Å². The molecule has 0 aliphatic heterocycles. The van der Waals surface area contributed by atoms with Gasteiger partial charge in [0.25, 0.3) is 0 Å². The van der Waals surface area contributed by atoms with Crippen LogP contribution in [0.3, 0.4) is 0 Å². The second-order valence-corrected chi connectivity index (χ2v) is 5.32. The molecule has 0 spiro atoms. The Kier molecular flexibility index (Phi) is 5.63. The summed E-state index contributed by atoms with van der Waals surface area (Å²) >= 11 is 0. The van der Waals surface area contributed by atoms with E-state index in [4.69, 9.17) is 5.73 Å². The lowest BCUT2D eigenvalue weighted by molar-refractivity contribution is -0.120. The molecule has 0 radical (unpaired) electrons. The number of rotatable bonds is 6. The van der Waals surface area contributed by atoms with Crippen LogP contribution in [-0.2, 0) is 11.2 Å². The van der Waals surface area contributed by atoms with Crippen LogP contribution >= 0.6 is 0 Å². The summed E-state index contributed by atoms with van der Waals surface area (Å²) in [7, 11) is 0. The van der Waals surface area contributed by atoms with E-state index < -0.39 is 6.10 Å². The van der Waals surface area contributed by atoms with Gasteiger partial charge in [0.05, 0.1) is 18.2 Å². The minimum atomic E-state index is -0.733. The van der Waals surface area contributed by atoms with Crippen LogP contribution in [0.1, 0.15) is 12.5 Å². The molecule has 4 N–H and O–H groups in total. The van der Waals surface area contributed by atoms with Crippen molar-refractivity contribution in [2.75, 3.05) is 6.54 Å². The molecule has 1 aromatic heterocycles. The Bertz CT molecular complexity index is 614. The molecule has 22 heavy (non-hydrogen) atoms. The lowest BCUT2D eigenvalue weighted by atomic mass is 10.1. The molecule has 2 aromatic rings. The van der Waals surface area contributed by atoms with Crippen molar-refractivity contribution in [3.63, 3.8) is 0 Å². The number of carbonyl (C=O) groups excluding carboxylic acids is 1. The SMILES string of the molecule is CC(N)C(O)CNC(=O)Cc1cccc(-c2ccccn2)c1. The topological polar surface area (TPSA) is 88.2 Å². The van der Waals surface area contributed by atoms with Crippen LogP contribution < -0.4 is 11.1 Å². The lowest BCUT2D eigenvalue weighted by Crippen LogP contribution is -2.42. The van der Waals surface area contributed by atoms with Gasteiger partial charge in [-0.25, -0.2) is 0 Å². The smallest absolute Gasteiger partial charge is 0.224 e. The van der Waals surface area contributed by atoms with Gasteiger partial charge in [-0.1, -0.05) is 24.3 Å². The van der Waals surface area contributed by atoms with Crippen molar-refractivity contribution in [1.29, 1.82) is 0 Å². The number of aliphatic hydroxyl groups excluding tert-OH is 1. The van der Waals surface area contributed by atoms with E-state index >= 15 is 0 Å². The first-order valence-electron chi connectivity index (χ1n) is 7.27. The average molecular weight is 299 g/mol. The largest absolute Gasteiger partial charge is 0.390 e. The van der Waals surface area contributed by atoms with Gasteiger partial charge in [0.15, 0.2) is 0 Å². The van der Waals surface area contributed by atoms with E-state index in [1.165, 1.54) is 0 Å². The zero-order chi connectivity index (χ0) is 15.9. The summed E-state index contributed by atoms with van der Waals surface area (Å²) in [6, 6.07) is 13.1. The number of aromatic nitrogens is 1. The Labute approximate surface area is 130 Å². The van der Waals surface area contributed by atoms with Gasteiger partial charge in [-0.3, -0.25) is 9.78 Å². The molecule has 0 saturated carbocycles. The third-order valence-corrected chi connectivity index (χ3v) is 3.37. The number of hydrogen-bond donors (Lipinski definition) is 3. The molecule has 1 aromatic carbocycles. The first kappa shape index (κ1) is 16.1. The van der Waals surface area contributed by atoms with Crippen molar-refractivity contribution in [1.82, 2.24) is 10.3 Å². The van der Waals surface area contributed by atoms with Crippen molar-refractivity contribution < 1.29 is 9.90 Å². The van der Waals surface area contributed by atoms with Gasteiger partial charge >= 0.3 is 0 Å². The number of aliphatic hydroxyl groups is 1. The van der Waals surface area contributed by atoms with Crippen LogP contribution in [-0.4, -0.2) is 34.7 Å². The molecule has 0 fully saturated rings. The van der Waals surface area contributed by atoms with Gasteiger partial charge in [-0.2, -0.15) is 0 Å². The molecule has 5 heteroatoms. The predicted octanol–water partition coefficient (Wildman–Crippen LogP) is 1.12. The summed E-state index contributed by atoms with van der Waals surface area (Å²) in [6.07, 6.45) is 1.26. The first-order chi connectivity index (χ1) is 10.6. The number of nitrogens with one attached hydrogen (secondary N) is 1. The zero-order valence-corrected chi connectivity index (χ0v) is 12.6. The Morgan fingerprint density at radius 1 is 1.32 bits per heavy atom. The van der Waals surface area contributed by atoms with Crippen molar-refractivity contribution in [3.8, 4) is 11.3 Å². The summed E-state index contributed by atoms with van der Waals surface area (Å²) in [4.78, 5) is 16.2. The normalized spacial score (nSPS) is 13.4. The molecule has 1 heterocycles. The highest BCUT2D eigenvalue weighted by atomic mass is 16.3. The molecule has 1 amide bonds. The van der Waals surface area contributed by atoms with E-state index in [1.807, 2.05) is 42.5 Å². The highest BCUT2D eigenvalue weighted by Gasteiger charge is 2.11. The second-order valence-electron chi connectivity index (χ2n) is 5.32. The van der Waals surface area contributed by atoms with Gasteiger partial charge in [-0.15, -0.1) is 0 Å². The van der Waals surface area contributed by atoms with E-state index in [9.17, 15) is 9.90 Å². The van der Waals surface area contributed by atoms with Crippen LogP contribution in [0, 0.1) is 0 Å². The summed E-state index contributed by atoms with van der Waals surface area (Å²) < 4.78 is 0. The molecule has 116 valence electrons.